The molecule has 0 radical (unpaired) electrons. The molecule has 6 heteroatoms. The highest BCUT2D eigenvalue weighted by Crippen LogP contribution is 2.29. The predicted octanol–water partition coefficient (Wildman–Crippen LogP) is 1.13. The zero-order valence-electron chi connectivity index (χ0n) is 10.3. The summed E-state index contributed by atoms with van der Waals surface area (Å²) in [6.45, 7) is 1.83. The van der Waals surface area contributed by atoms with Crippen LogP contribution in [0.5, 0.6) is 0 Å². The van der Waals surface area contributed by atoms with E-state index in [1.54, 1.807) is 13.0 Å². The number of carbonyl (C=O) groups is 3. The Bertz CT molecular complexity index is 566. The van der Waals surface area contributed by atoms with Crippen LogP contribution in [0, 0.1) is 12.8 Å². The van der Waals surface area contributed by atoms with E-state index in [2.05, 4.69) is 0 Å². The SMILES string of the molecule is Cc1ccc(C(=O)O)cc1N1C[C@@H](C(=O)O)CC1=O. The molecule has 1 atom stereocenters. The number of rotatable bonds is 3. The first-order valence-electron chi connectivity index (χ1n) is 5.77. The summed E-state index contributed by atoms with van der Waals surface area (Å²) in [5.41, 5.74) is 1.28. The Morgan fingerprint density at radius 1 is 1.32 bits per heavy atom. The Morgan fingerprint density at radius 2 is 2.00 bits per heavy atom. The maximum atomic E-state index is 11.8. The summed E-state index contributed by atoms with van der Waals surface area (Å²) >= 11 is 0. The minimum absolute atomic E-state index is 0.0495. The molecule has 0 bridgehead atoms. The molecule has 1 amide bonds. The van der Waals surface area contributed by atoms with Gasteiger partial charge in [-0.05, 0) is 24.6 Å². The van der Waals surface area contributed by atoms with Gasteiger partial charge >= 0.3 is 11.9 Å². The lowest BCUT2D eigenvalue weighted by Gasteiger charge is -2.19. The molecule has 1 saturated heterocycles. The van der Waals surface area contributed by atoms with Crippen molar-refractivity contribution in [2.24, 2.45) is 5.92 Å². The van der Waals surface area contributed by atoms with Crippen molar-refractivity contribution in [3.63, 3.8) is 0 Å². The summed E-state index contributed by atoms with van der Waals surface area (Å²) in [4.78, 5) is 35.0. The van der Waals surface area contributed by atoms with Crippen LogP contribution >= 0.6 is 0 Å². The van der Waals surface area contributed by atoms with Crippen molar-refractivity contribution < 1.29 is 24.6 Å². The average molecular weight is 263 g/mol. The number of hydrogen-bond acceptors (Lipinski definition) is 3. The maximum absolute atomic E-state index is 11.8. The molecule has 1 heterocycles. The van der Waals surface area contributed by atoms with Gasteiger partial charge in [-0.1, -0.05) is 6.07 Å². The fourth-order valence-corrected chi connectivity index (χ4v) is 2.14. The first-order valence-corrected chi connectivity index (χ1v) is 5.77. The number of aliphatic carboxylic acids is 1. The third-order valence-corrected chi connectivity index (χ3v) is 3.22. The van der Waals surface area contributed by atoms with Gasteiger partial charge in [0.1, 0.15) is 0 Å². The fourth-order valence-electron chi connectivity index (χ4n) is 2.14. The highest BCUT2D eigenvalue weighted by molar-refractivity contribution is 6.01. The molecule has 0 saturated carbocycles. The Kier molecular flexibility index (Phi) is 3.25. The van der Waals surface area contributed by atoms with Crippen LogP contribution in [0.3, 0.4) is 0 Å². The first kappa shape index (κ1) is 13.1. The van der Waals surface area contributed by atoms with Crippen LogP contribution in [0.2, 0.25) is 0 Å². The predicted molar refractivity (Wildman–Crippen MR) is 66.2 cm³/mol. The van der Waals surface area contributed by atoms with Gasteiger partial charge in [-0.15, -0.1) is 0 Å². The molecule has 1 aromatic carbocycles. The van der Waals surface area contributed by atoms with Crippen molar-refractivity contribution in [1.29, 1.82) is 0 Å². The molecule has 0 aliphatic carbocycles. The van der Waals surface area contributed by atoms with E-state index in [-0.39, 0.29) is 24.4 Å². The highest BCUT2D eigenvalue weighted by atomic mass is 16.4. The van der Waals surface area contributed by atoms with E-state index in [0.717, 1.165) is 5.56 Å². The van der Waals surface area contributed by atoms with Gasteiger partial charge in [0.05, 0.1) is 11.5 Å². The Hall–Kier alpha value is -2.37. The van der Waals surface area contributed by atoms with Gasteiger partial charge in [0, 0.05) is 18.7 Å². The van der Waals surface area contributed by atoms with E-state index in [4.69, 9.17) is 10.2 Å². The van der Waals surface area contributed by atoms with Gasteiger partial charge in [-0.3, -0.25) is 9.59 Å². The number of nitrogens with zero attached hydrogens (tertiary/aromatic N) is 1. The summed E-state index contributed by atoms with van der Waals surface area (Å²) in [7, 11) is 0. The Labute approximate surface area is 109 Å². The van der Waals surface area contributed by atoms with Gasteiger partial charge < -0.3 is 15.1 Å². The summed E-state index contributed by atoms with van der Waals surface area (Å²) in [5, 5.41) is 17.9. The molecule has 0 unspecified atom stereocenters. The summed E-state index contributed by atoms with van der Waals surface area (Å²) < 4.78 is 0. The van der Waals surface area contributed by atoms with Crippen LogP contribution in [0.4, 0.5) is 5.69 Å². The largest absolute Gasteiger partial charge is 0.481 e. The molecule has 1 fully saturated rings. The molecular formula is C13H13NO5. The molecule has 1 aliphatic rings. The number of benzene rings is 1. The second kappa shape index (κ2) is 4.72. The number of aryl methyl sites for hydroxylation is 1. The number of carboxylic acid groups (broad SMARTS) is 2. The molecule has 1 aromatic rings. The molecule has 1 aliphatic heterocycles. The minimum atomic E-state index is -1.08. The lowest BCUT2D eigenvalue weighted by Crippen LogP contribution is -2.26. The van der Waals surface area contributed by atoms with E-state index in [0.29, 0.717) is 5.69 Å². The monoisotopic (exact) mass is 263 g/mol. The summed E-state index contributed by atoms with van der Waals surface area (Å²) in [6.07, 6.45) is -0.0495. The number of aromatic carboxylic acids is 1. The van der Waals surface area contributed by atoms with Crippen molar-refractivity contribution in [3.8, 4) is 0 Å². The van der Waals surface area contributed by atoms with Gasteiger partial charge in [0.25, 0.3) is 0 Å². The van der Waals surface area contributed by atoms with Gasteiger partial charge in [0.2, 0.25) is 5.91 Å². The average Bonchev–Trinajstić information content (AvgIpc) is 2.72. The summed E-state index contributed by atoms with van der Waals surface area (Å²) in [5.74, 6) is -3.12. The summed E-state index contributed by atoms with van der Waals surface area (Å²) in [6, 6.07) is 4.47. The quantitative estimate of drug-likeness (QED) is 0.852. The zero-order valence-corrected chi connectivity index (χ0v) is 10.3. The molecule has 2 rings (SSSR count). The normalized spacial score (nSPS) is 18.7. The van der Waals surface area contributed by atoms with E-state index >= 15 is 0 Å². The smallest absolute Gasteiger partial charge is 0.335 e. The van der Waals surface area contributed by atoms with Gasteiger partial charge in [-0.2, -0.15) is 0 Å². The standard InChI is InChI=1S/C13H13NO5/c1-7-2-3-8(12(16)17)4-10(7)14-6-9(13(18)19)5-11(14)15/h2-4,9H,5-6H2,1H3,(H,16,17)(H,18,19)/t9-/m0/s1. The number of carbonyl (C=O) groups excluding carboxylic acids is 1. The molecule has 0 spiro atoms. The molecule has 2 N–H and O–H groups in total. The van der Waals surface area contributed by atoms with Crippen molar-refractivity contribution in [3.05, 3.63) is 29.3 Å². The van der Waals surface area contributed by atoms with Crippen molar-refractivity contribution in [2.75, 3.05) is 11.4 Å². The third kappa shape index (κ3) is 2.42. The highest BCUT2D eigenvalue weighted by Gasteiger charge is 2.35. The lowest BCUT2D eigenvalue weighted by atomic mass is 10.1. The van der Waals surface area contributed by atoms with E-state index < -0.39 is 17.9 Å². The van der Waals surface area contributed by atoms with Crippen LogP contribution in [-0.2, 0) is 9.59 Å². The molecule has 100 valence electrons. The van der Waals surface area contributed by atoms with Gasteiger partial charge in [-0.25, -0.2) is 4.79 Å². The van der Waals surface area contributed by atoms with Crippen LogP contribution < -0.4 is 4.90 Å². The number of carboxylic acids is 2. The lowest BCUT2D eigenvalue weighted by molar-refractivity contribution is -0.141. The van der Waals surface area contributed by atoms with E-state index in [9.17, 15) is 14.4 Å². The van der Waals surface area contributed by atoms with Gasteiger partial charge in [0.15, 0.2) is 0 Å². The maximum Gasteiger partial charge on any atom is 0.335 e. The molecular weight excluding hydrogens is 250 g/mol. The minimum Gasteiger partial charge on any atom is -0.481 e. The second-order valence-electron chi connectivity index (χ2n) is 4.55. The number of hydrogen-bond donors (Lipinski definition) is 2. The van der Waals surface area contributed by atoms with Crippen LogP contribution in [0.15, 0.2) is 18.2 Å². The first-order chi connectivity index (χ1) is 8.90. The molecule has 19 heavy (non-hydrogen) atoms. The zero-order chi connectivity index (χ0) is 14.2. The topological polar surface area (TPSA) is 94.9 Å². The van der Waals surface area contributed by atoms with E-state index in [1.165, 1.54) is 17.0 Å². The second-order valence-corrected chi connectivity index (χ2v) is 4.55. The van der Waals surface area contributed by atoms with Crippen molar-refractivity contribution in [2.45, 2.75) is 13.3 Å². The Morgan fingerprint density at radius 3 is 2.53 bits per heavy atom. The van der Waals surface area contributed by atoms with E-state index in [1.807, 2.05) is 0 Å². The third-order valence-electron chi connectivity index (χ3n) is 3.22. The number of amides is 1. The van der Waals surface area contributed by atoms with Crippen molar-refractivity contribution in [1.82, 2.24) is 0 Å². The van der Waals surface area contributed by atoms with Crippen LogP contribution in [0.25, 0.3) is 0 Å². The Balaban J connectivity index is 2.36. The van der Waals surface area contributed by atoms with Crippen LogP contribution in [0.1, 0.15) is 22.3 Å². The molecule has 0 aromatic heterocycles. The van der Waals surface area contributed by atoms with Crippen LogP contribution in [-0.4, -0.2) is 34.6 Å². The fraction of sp³-hybridized carbons (Fsp3) is 0.308. The molecule has 6 nitrogen and oxygen atoms in total. The van der Waals surface area contributed by atoms with Crippen molar-refractivity contribution >= 4 is 23.5 Å². The number of anilines is 1.